The van der Waals surface area contributed by atoms with Crippen molar-refractivity contribution in [1.29, 1.82) is 0 Å². The van der Waals surface area contributed by atoms with E-state index in [1.165, 1.54) is 24.3 Å². The van der Waals surface area contributed by atoms with Crippen molar-refractivity contribution in [2.24, 2.45) is 0 Å². The summed E-state index contributed by atoms with van der Waals surface area (Å²) >= 11 is -4.10. The van der Waals surface area contributed by atoms with Gasteiger partial charge in [0.15, 0.2) is 0 Å². The molecule has 0 amide bonds. The number of hydrogen-bond donors (Lipinski definition) is 0. The zero-order valence-electron chi connectivity index (χ0n) is 8.44. The van der Waals surface area contributed by atoms with Gasteiger partial charge in [0.25, 0.3) is 0 Å². The fourth-order valence-corrected chi connectivity index (χ4v) is 4.16. The van der Waals surface area contributed by atoms with E-state index in [9.17, 15) is 12.7 Å². The molecule has 4 nitrogen and oxygen atoms in total. The summed E-state index contributed by atoms with van der Waals surface area (Å²) in [7, 11) is 5.62. The Hall–Kier alpha value is -0.0900. The Labute approximate surface area is 116 Å². The molecule has 0 radical (unpaired) electrons. The zero-order valence-corrected chi connectivity index (χ0v) is 13.5. The summed E-state index contributed by atoms with van der Waals surface area (Å²) in [6.07, 6.45) is 0. The molecule has 1 fully saturated rings. The van der Waals surface area contributed by atoms with E-state index < -0.39 is 17.3 Å². The molecule has 2 rings (SSSR count). The van der Waals surface area contributed by atoms with E-state index in [-0.39, 0.29) is 31.3 Å². The topological polar surface area (TPSA) is 60.4 Å². The van der Waals surface area contributed by atoms with Gasteiger partial charge in [-0.1, -0.05) is 0 Å². The average Bonchev–Trinajstić information content (AvgIpc) is 3.13. The van der Waals surface area contributed by atoms with E-state index in [1.54, 1.807) is 0 Å². The van der Waals surface area contributed by atoms with Gasteiger partial charge in [0, 0.05) is 0 Å². The van der Waals surface area contributed by atoms with Crippen LogP contribution in [0.1, 0.15) is 10.4 Å². The van der Waals surface area contributed by atoms with Gasteiger partial charge < -0.3 is 0 Å². The zero-order chi connectivity index (χ0) is 12.5. The normalized spacial score (nSPS) is 23.7. The van der Waals surface area contributed by atoms with Crippen molar-refractivity contribution >= 4 is 36.5 Å². The predicted octanol–water partition coefficient (Wildman–Crippen LogP) is -0.827. The molecular weight excluding hydrogens is 473 g/mol. The fourth-order valence-electron chi connectivity index (χ4n) is 1.09. The molecule has 1 saturated heterocycles. The van der Waals surface area contributed by atoms with Gasteiger partial charge in [0.05, 0.1) is 0 Å². The van der Waals surface area contributed by atoms with Gasteiger partial charge >= 0.3 is 117 Å². The summed E-state index contributed by atoms with van der Waals surface area (Å²) in [6.45, 7) is 0. The molecule has 2 unspecified atom stereocenters. The van der Waals surface area contributed by atoms with Gasteiger partial charge in [-0.05, 0) is 0 Å². The number of benzene rings is 1. The van der Waals surface area contributed by atoms with E-state index in [0.29, 0.717) is 13.4 Å². The van der Waals surface area contributed by atoms with Gasteiger partial charge in [0.2, 0.25) is 0 Å². The second-order valence-corrected chi connectivity index (χ2v) is 13.7. The summed E-state index contributed by atoms with van der Waals surface area (Å²) in [5.41, 5.74) is 0.393. The van der Waals surface area contributed by atoms with Gasteiger partial charge in [-0.25, -0.2) is 0 Å². The Balaban J connectivity index is 2.14. The molecule has 7 heteroatoms. The number of ether oxygens (including phenoxy) is 1. The first-order valence-electron chi connectivity index (χ1n) is 4.55. The number of carbonyl (C=O) groups is 2. The van der Waals surface area contributed by atoms with E-state index in [2.05, 4.69) is 0 Å². The van der Waals surface area contributed by atoms with E-state index in [1.807, 2.05) is 0 Å². The summed E-state index contributed by atoms with van der Waals surface area (Å²) in [5.74, 6) is -0.373. The van der Waals surface area contributed by atoms with E-state index in [0.717, 1.165) is 4.43 Å². The molecule has 0 saturated carbocycles. The molecule has 0 aromatic heterocycles. The van der Waals surface area contributed by atoms with Gasteiger partial charge in [0.1, 0.15) is 0 Å². The van der Waals surface area contributed by atoms with Crippen LogP contribution in [0.2, 0.25) is 0 Å². The molecular formula is C10H8ClI2O4-. The Bertz CT molecular complexity index is 496. The van der Waals surface area contributed by atoms with Crippen molar-refractivity contribution < 1.29 is 38.6 Å². The van der Waals surface area contributed by atoms with Crippen LogP contribution in [0, 0.1) is 3.57 Å². The first-order chi connectivity index (χ1) is 8.03. The molecule has 1 aromatic carbocycles. The molecule has 0 bridgehead atoms. The van der Waals surface area contributed by atoms with Crippen molar-refractivity contribution in [3.8, 4) is 0 Å². The van der Waals surface area contributed by atoms with Crippen LogP contribution < -0.4 is 21.2 Å². The van der Waals surface area contributed by atoms with E-state index in [4.69, 9.17) is 13.6 Å². The molecule has 1 aliphatic heterocycles. The summed E-state index contributed by atoms with van der Waals surface area (Å²) in [6, 6.07) is 5.87. The third-order valence-corrected chi connectivity index (χ3v) is 8.49. The molecule has 1 aliphatic rings. The van der Waals surface area contributed by atoms with E-state index >= 15 is 0 Å². The molecule has 0 N–H and O–H groups in total. The SMILES string of the molecule is O=CI(=O)(Cl)c1ccc(C(=O)OC2C[I-]2)cc1. The number of carbonyl (C=O) groups excluding carboxylic acids is 2. The molecule has 94 valence electrons. The van der Waals surface area contributed by atoms with Crippen molar-refractivity contribution in [3.63, 3.8) is 0 Å². The maximum atomic E-state index is 11.6. The number of rotatable bonds is 4. The van der Waals surface area contributed by atoms with Crippen LogP contribution in [0.25, 0.3) is 0 Å². The second-order valence-electron chi connectivity index (χ2n) is 3.21. The minimum absolute atomic E-state index is 0.0688. The minimum atomic E-state index is -4.16. The number of esters is 1. The van der Waals surface area contributed by atoms with Crippen LogP contribution in [0.4, 0.5) is 0 Å². The van der Waals surface area contributed by atoms with Crippen molar-refractivity contribution in [2.75, 3.05) is 4.43 Å². The van der Waals surface area contributed by atoms with Crippen LogP contribution in [0.5, 0.6) is 0 Å². The standard InChI is InChI=1S/C10H8ClI2O4/c11-13(16,6-14)8-3-1-7(2-4-8)10(15)17-9-5-12-9/h1-4,6,9H,5H2/q-1. The third-order valence-electron chi connectivity index (χ3n) is 2.01. The molecule has 0 aliphatic carbocycles. The fraction of sp³-hybridized carbons (Fsp3) is 0.200. The van der Waals surface area contributed by atoms with Crippen molar-refractivity contribution in [1.82, 2.24) is 0 Å². The van der Waals surface area contributed by atoms with Crippen molar-refractivity contribution in [2.45, 2.75) is 4.11 Å². The summed E-state index contributed by atoms with van der Waals surface area (Å²) in [5, 5.41) is 0. The summed E-state index contributed by atoms with van der Waals surface area (Å²) < 4.78 is 18.5. The Kier molecular flexibility index (Phi) is 4.14. The Morgan fingerprint density at radius 3 is 2.53 bits per heavy atom. The predicted molar refractivity (Wildman–Crippen MR) is 66.5 cm³/mol. The molecule has 2 atom stereocenters. The number of alkyl halides is 2. The van der Waals surface area contributed by atoms with Crippen molar-refractivity contribution in [3.05, 3.63) is 33.4 Å². The van der Waals surface area contributed by atoms with Crippen LogP contribution in [-0.4, -0.2) is 18.8 Å². The molecule has 1 aromatic rings. The van der Waals surface area contributed by atoms with Gasteiger partial charge in [-0.2, -0.15) is 0 Å². The Morgan fingerprint density at radius 1 is 1.47 bits per heavy atom. The van der Waals surface area contributed by atoms with Crippen LogP contribution in [0.15, 0.2) is 24.3 Å². The summed E-state index contributed by atoms with van der Waals surface area (Å²) in [4.78, 5) is 22.1. The van der Waals surface area contributed by atoms with Gasteiger partial charge in [-0.3, -0.25) is 0 Å². The number of halogens is 3. The number of hydrogen-bond acceptors (Lipinski definition) is 4. The van der Waals surface area contributed by atoms with Crippen LogP contribution >= 0.6 is 26.2 Å². The molecule has 0 spiro atoms. The third kappa shape index (κ3) is 3.44. The molecule has 1 heterocycles. The maximum absolute atomic E-state index is 11.6. The molecule has 17 heavy (non-hydrogen) atoms. The van der Waals surface area contributed by atoms with Crippen LogP contribution in [-0.2, 0) is 12.6 Å². The van der Waals surface area contributed by atoms with Crippen LogP contribution in [0.3, 0.4) is 0 Å². The Morgan fingerprint density at radius 2 is 2.06 bits per heavy atom. The monoisotopic (exact) mass is 481 g/mol. The second kappa shape index (κ2) is 5.27. The first-order valence-corrected chi connectivity index (χ1v) is 13.3. The first kappa shape index (κ1) is 13.3. The quantitative estimate of drug-likeness (QED) is 0.185. The van der Waals surface area contributed by atoms with Gasteiger partial charge in [-0.15, -0.1) is 0 Å². The average molecular weight is 481 g/mol.